The predicted molar refractivity (Wildman–Crippen MR) is 126 cm³/mol. The Morgan fingerprint density at radius 2 is 1.88 bits per heavy atom. The van der Waals surface area contributed by atoms with Gasteiger partial charge in [0.05, 0.1) is 22.5 Å². The minimum absolute atomic E-state index is 0.0837. The number of carbonyl (C=O) groups excluding carboxylic acids is 2. The minimum atomic E-state index is -0.265. The molecular weight excluding hydrogens is 426 g/mol. The van der Waals surface area contributed by atoms with Gasteiger partial charge in [0, 0.05) is 42.1 Å². The van der Waals surface area contributed by atoms with Crippen LogP contribution in [0.2, 0.25) is 5.02 Å². The Hall–Kier alpha value is -3.58. The van der Waals surface area contributed by atoms with Gasteiger partial charge in [0.25, 0.3) is 5.91 Å². The van der Waals surface area contributed by atoms with Crippen LogP contribution in [0, 0.1) is 0 Å². The summed E-state index contributed by atoms with van der Waals surface area (Å²) in [4.78, 5) is 27.0. The van der Waals surface area contributed by atoms with E-state index in [1.54, 1.807) is 16.9 Å². The van der Waals surface area contributed by atoms with Gasteiger partial charge in [-0.15, -0.1) is 0 Å². The maximum absolute atomic E-state index is 12.7. The van der Waals surface area contributed by atoms with Gasteiger partial charge in [-0.05, 0) is 50.2 Å². The second-order valence-electron chi connectivity index (χ2n) is 7.36. The van der Waals surface area contributed by atoms with Crippen LogP contribution in [-0.4, -0.2) is 44.2 Å². The van der Waals surface area contributed by atoms with Crippen LogP contribution in [0.4, 0.5) is 5.69 Å². The Kier molecular flexibility index (Phi) is 6.28. The molecular formula is C24H24ClN5O2. The van der Waals surface area contributed by atoms with Crippen LogP contribution in [0.5, 0.6) is 0 Å². The summed E-state index contributed by atoms with van der Waals surface area (Å²) >= 11 is 6.21. The fourth-order valence-corrected chi connectivity index (χ4v) is 3.87. The molecule has 0 atom stereocenters. The molecule has 0 saturated heterocycles. The van der Waals surface area contributed by atoms with Crippen molar-refractivity contribution in [3.8, 4) is 5.69 Å². The highest BCUT2D eigenvalue weighted by Crippen LogP contribution is 2.22. The first-order valence-electron chi connectivity index (χ1n) is 10.5. The molecule has 2 aromatic heterocycles. The van der Waals surface area contributed by atoms with E-state index in [0.29, 0.717) is 35.1 Å². The highest BCUT2D eigenvalue weighted by Gasteiger charge is 2.14. The van der Waals surface area contributed by atoms with Crippen molar-refractivity contribution in [3.63, 3.8) is 0 Å². The van der Waals surface area contributed by atoms with E-state index in [0.717, 1.165) is 10.9 Å². The van der Waals surface area contributed by atoms with E-state index in [-0.39, 0.29) is 18.4 Å². The number of nitrogens with one attached hydrogen (secondary N) is 1. The number of benzene rings is 2. The number of anilines is 1. The molecule has 2 amide bonds. The first-order valence-corrected chi connectivity index (χ1v) is 10.9. The number of amides is 2. The molecule has 0 unspecified atom stereocenters. The molecule has 8 heteroatoms. The summed E-state index contributed by atoms with van der Waals surface area (Å²) in [7, 11) is 0. The average molecular weight is 450 g/mol. The lowest BCUT2D eigenvalue weighted by molar-refractivity contribution is -0.131. The van der Waals surface area contributed by atoms with Crippen molar-refractivity contribution in [2.45, 2.75) is 20.4 Å². The van der Waals surface area contributed by atoms with Gasteiger partial charge >= 0.3 is 0 Å². The maximum atomic E-state index is 12.7. The van der Waals surface area contributed by atoms with E-state index < -0.39 is 0 Å². The summed E-state index contributed by atoms with van der Waals surface area (Å²) < 4.78 is 3.50. The molecule has 2 heterocycles. The van der Waals surface area contributed by atoms with Crippen molar-refractivity contribution >= 4 is 40.0 Å². The molecule has 0 aliphatic carbocycles. The maximum Gasteiger partial charge on any atom is 0.258 e. The molecule has 32 heavy (non-hydrogen) atoms. The number of carbonyl (C=O) groups is 2. The zero-order chi connectivity index (χ0) is 22.7. The quantitative estimate of drug-likeness (QED) is 0.448. The molecule has 164 valence electrons. The topological polar surface area (TPSA) is 72.2 Å². The monoisotopic (exact) mass is 449 g/mol. The van der Waals surface area contributed by atoms with Crippen molar-refractivity contribution in [3.05, 3.63) is 77.7 Å². The Bertz CT molecular complexity index is 1270. The van der Waals surface area contributed by atoms with Gasteiger partial charge in [0.15, 0.2) is 0 Å². The summed E-state index contributed by atoms with van der Waals surface area (Å²) in [6, 6.07) is 14.9. The van der Waals surface area contributed by atoms with E-state index >= 15 is 0 Å². The van der Waals surface area contributed by atoms with Gasteiger partial charge in [-0.2, -0.15) is 5.10 Å². The molecule has 4 rings (SSSR count). The summed E-state index contributed by atoms with van der Waals surface area (Å²) in [6.45, 7) is 5.62. The standard InChI is InChI=1S/C24H24ClN5O2/c1-3-28(4-2)23(31)16-29-12-11-17-13-19(9-10-21(17)29)27-24(32)18-14-26-30(15-18)22-8-6-5-7-20(22)25/h5-15H,3-4,16H2,1-2H3,(H,27,32). The second kappa shape index (κ2) is 9.28. The number of fused-ring (bicyclic) bond motifs is 1. The van der Waals surface area contributed by atoms with Gasteiger partial charge < -0.3 is 14.8 Å². The van der Waals surface area contributed by atoms with Crippen molar-refractivity contribution in [2.75, 3.05) is 18.4 Å². The van der Waals surface area contributed by atoms with Crippen molar-refractivity contribution in [1.29, 1.82) is 0 Å². The van der Waals surface area contributed by atoms with Crippen LogP contribution < -0.4 is 5.32 Å². The largest absolute Gasteiger partial charge is 0.342 e. The third-order valence-corrected chi connectivity index (χ3v) is 5.71. The number of rotatable bonds is 7. The molecule has 0 aliphatic rings. The lowest BCUT2D eigenvalue weighted by Gasteiger charge is -2.19. The molecule has 2 aromatic carbocycles. The first kappa shape index (κ1) is 21.6. The normalized spacial score (nSPS) is 11.0. The van der Waals surface area contributed by atoms with Gasteiger partial charge in [0.2, 0.25) is 5.91 Å². The summed E-state index contributed by atoms with van der Waals surface area (Å²) in [5.41, 5.74) is 2.73. The van der Waals surface area contributed by atoms with E-state index in [1.165, 1.54) is 6.20 Å². The lowest BCUT2D eigenvalue weighted by Crippen LogP contribution is -2.33. The number of aromatic nitrogens is 3. The Balaban J connectivity index is 1.49. The SMILES string of the molecule is CCN(CC)C(=O)Cn1ccc2cc(NC(=O)c3cnn(-c4ccccc4Cl)c3)ccc21. The second-order valence-corrected chi connectivity index (χ2v) is 7.77. The van der Waals surface area contributed by atoms with E-state index in [1.807, 2.05) is 72.0 Å². The minimum Gasteiger partial charge on any atom is -0.342 e. The van der Waals surface area contributed by atoms with Crippen molar-refractivity contribution in [1.82, 2.24) is 19.2 Å². The van der Waals surface area contributed by atoms with Crippen molar-refractivity contribution < 1.29 is 9.59 Å². The summed E-state index contributed by atoms with van der Waals surface area (Å²) in [6.07, 6.45) is 5.04. The fourth-order valence-electron chi connectivity index (χ4n) is 3.65. The molecule has 0 aliphatic heterocycles. The third kappa shape index (κ3) is 4.38. The molecule has 7 nitrogen and oxygen atoms in total. The highest BCUT2D eigenvalue weighted by atomic mass is 35.5. The van der Waals surface area contributed by atoms with Crippen LogP contribution in [0.25, 0.3) is 16.6 Å². The lowest BCUT2D eigenvalue weighted by atomic mass is 10.2. The first-order chi connectivity index (χ1) is 15.5. The number of halogens is 1. The Labute approximate surface area is 191 Å². The van der Waals surface area contributed by atoms with E-state index in [9.17, 15) is 9.59 Å². The Morgan fingerprint density at radius 3 is 2.62 bits per heavy atom. The fraction of sp³-hybridized carbons (Fsp3) is 0.208. The van der Waals surface area contributed by atoms with Gasteiger partial charge in [-0.25, -0.2) is 4.68 Å². The predicted octanol–water partition coefficient (Wildman–Crippen LogP) is 4.60. The molecule has 0 spiro atoms. The zero-order valence-electron chi connectivity index (χ0n) is 18.0. The summed E-state index contributed by atoms with van der Waals surface area (Å²) in [5, 5.41) is 8.66. The van der Waals surface area contributed by atoms with Crippen LogP contribution >= 0.6 is 11.6 Å². The third-order valence-electron chi connectivity index (χ3n) is 5.39. The van der Waals surface area contributed by atoms with Gasteiger partial charge in [-0.1, -0.05) is 23.7 Å². The molecule has 0 bridgehead atoms. The average Bonchev–Trinajstić information content (AvgIpc) is 3.43. The van der Waals surface area contributed by atoms with Gasteiger partial charge in [0.1, 0.15) is 6.54 Å². The van der Waals surface area contributed by atoms with E-state index in [4.69, 9.17) is 11.6 Å². The van der Waals surface area contributed by atoms with E-state index in [2.05, 4.69) is 10.4 Å². The number of nitrogens with zero attached hydrogens (tertiary/aromatic N) is 4. The number of para-hydroxylation sites is 1. The number of hydrogen-bond donors (Lipinski definition) is 1. The highest BCUT2D eigenvalue weighted by molar-refractivity contribution is 6.32. The molecule has 0 radical (unpaired) electrons. The van der Waals surface area contributed by atoms with Crippen LogP contribution in [0.15, 0.2) is 67.1 Å². The molecule has 0 fully saturated rings. The molecule has 0 saturated carbocycles. The number of likely N-dealkylation sites (N-methyl/N-ethyl adjacent to an activating group) is 1. The zero-order valence-corrected chi connectivity index (χ0v) is 18.7. The molecule has 4 aromatic rings. The smallest absolute Gasteiger partial charge is 0.258 e. The van der Waals surface area contributed by atoms with Crippen LogP contribution in [0.1, 0.15) is 24.2 Å². The summed E-state index contributed by atoms with van der Waals surface area (Å²) in [5.74, 6) is -0.181. The Morgan fingerprint density at radius 1 is 1.09 bits per heavy atom. The van der Waals surface area contributed by atoms with Crippen molar-refractivity contribution in [2.24, 2.45) is 0 Å². The molecule has 1 N–H and O–H groups in total. The van der Waals surface area contributed by atoms with Crippen LogP contribution in [-0.2, 0) is 11.3 Å². The van der Waals surface area contributed by atoms with Crippen LogP contribution in [0.3, 0.4) is 0 Å². The number of hydrogen-bond acceptors (Lipinski definition) is 3. The van der Waals surface area contributed by atoms with Gasteiger partial charge in [-0.3, -0.25) is 9.59 Å².